The zero-order valence-electron chi connectivity index (χ0n) is 27.3. The van der Waals surface area contributed by atoms with Crippen molar-refractivity contribution in [2.24, 2.45) is 0 Å². The number of hydrogen-bond acceptors (Lipinski definition) is 11. The van der Waals surface area contributed by atoms with Gasteiger partial charge < -0.3 is 25.5 Å². The molecule has 1 unspecified atom stereocenters. The minimum Gasteiger partial charge on any atom is -0.382 e. The molecular formula is C33H29Cl6N11S2. The minimum absolute atomic E-state index is 0.0799. The average molecular weight is 857 g/mol. The smallest absolute Gasteiger partial charge is 0.175 e. The fourth-order valence-electron chi connectivity index (χ4n) is 5.16. The van der Waals surface area contributed by atoms with Gasteiger partial charge >= 0.3 is 0 Å². The molecular weight excluding hydrogens is 827 g/mol. The summed E-state index contributed by atoms with van der Waals surface area (Å²) in [5, 5.41) is 10.6. The molecule has 270 valence electrons. The first-order valence-electron chi connectivity index (χ1n) is 15.8. The molecule has 19 heteroatoms. The van der Waals surface area contributed by atoms with Crippen molar-refractivity contribution in [3.05, 3.63) is 67.1 Å². The zero-order chi connectivity index (χ0) is 36.9. The summed E-state index contributed by atoms with van der Waals surface area (Å²) in [6.07, 6.45) is 10.6. The lowest BCUT2D eigenvalue weighted by molar-refractivity contribution is 0.515. The minimum atomic E-state index is 0.0799. The Balaban J connectivity index is 1.12. The standard InChI is InChI=1S/C33H29Cl6N11S2/c1-3-4-5-8-49-31-27(48-32(49)51-18-10-22(37)25(39)23(38)11-18)29(44-16-46-31)42-14-17(2)41-7-6-9-50-30-26(28(40)43-15-45-30)47-33(50)52-24-13-20(35)19(34)12-21(24)36/h1,10-13,15-17,41H,4-9,14H2,2H3,(H2,40,43,45)(H,42,44,46). The molecule has 0 aliphatic rings. The third-order valence-corrected chi connectivity index (χ3v) is 12.1. The number of anilines is 2. The van der Waals surface area contributed by atoms with E-state index in [0.717, 1.165) is 17.7 Å². The van der Waals surface area contributed by atoms with Gasteiger partial charge in [-0.3, -0.25) is 0 Å². The normalized spacial score (nSPS) is 12.1. The van der Waals surface area contributed by atoms with Crippen LogP contribution in [0.4, 0.5) is 11.6 Å². The molecule has 0 saturated heterocycles. The fraction of sp³-hybridized carbons (Fsp3) is 0.273. The maximum Gasteiger partial charge on any atom is 0.175 e. The highest BCUT2D eigenvalue weighted by molar-refractivity contribution is 7.99. The zero-order valence-corrected chi connectivity index (χ0v) is 33.5. The number of aryl methyl sites for hydroxylation is 2. The van der Waals surface area contributed by atoms with Crippen molar-refractivity contribution in [1.29, 1.82) is 0 Å². The monoisotopic (exact) mass is 853 g/mol. The quantitative estimate of drug-likeness (QED) is 0.0394. The number of halogens is 6. The van der Waals surface area contributed by atoms with Crippen LogP contribution in [-0.2, 0) is 13.1 Å². The van der Waals surface area contributed by atoms with Crippen LogP contribution in [-0.4, -0.2) is 58.2 Å². The highest BCUT2D eigenvalue weighted by atomic mass is 35.5. The molecule has 52 heavy (non-hydrogen) atoms. The van der Waals surface area contributed by atoms with Crippen LogP contribution in [0.5, 0.6) is 0 Å². The molecule has 0 amide bonds. The first-order valence-corrected chi connectivity index (χ1v) is 19.7. The van der Waals surface area contributed by atoms with E-state index in [2.05, 4.69) is 43.4 Å². The van der Waals surface area contributed by atoms with E-state index in [1.165, 1.54) is 36.2 Å². The predicted molar refractivity (Wildman–Crippen MR) is 215 cm³/mol. The molecule has 11 nitrogen and oxygen atoms in total. The number of rotatable bonds is 15. The molecule has 0 saturated carbocycles. The lowest BCUT2D eigenvalue weighted by Crippen LogP contribution is -2.34. The van der Waals surface area contributed by atoms with Gasteiger partial charge in [-0.2, -0.15) is 0 Å². The molecule has 0 aliphatic carbocycles. The van der Waals surface area contributed by atoms with Gasteiger partial charge in [0.05, 0.1) is 30.1 Å². The SMILES string of the molecule is C#CCCCn1c(Sc2cc(Cl)c(Cl)c(Cl)c2)nc2c(NCC(C)NCCCn3c(Sc4cc(Cl)c(Cl)cc4Cl)nc4c(N)ncnc43)ncnc21. The Morgan fingerprint density at radius 2 is 1.42 bits per heavy atom. The second-order valence-corrected chi connectivity index (χ2v) is 15.9. The van der Waals surface area contributed by atoms with Gasteiger partial charge in [-0.25, -0.2) is 29.9 Å². The van der Waals surface area contributed by atoms with Crippen LogP contribution in [0.3, 0.4) is 0 Å². The van der Waals surface area contributed by atoms with Gasteiger partial charge in [0.15, 0.2) is 44.3 Å². The van der Waals surface area contributed by atoms with Gasteiger partial charge in [-0.05, 0) is 62.3 Å². The number of fused-ring (bicyclic) bond motifs is 2. The fourth-order valence-corrected chi connectivity index (χ4v) is 8.56. The number of unbranched alkanes of at least 4 members (excludes halogenated alkanes) is 1. The van der Waals surface area contributed by atoms with Crippen molar-refractivity contribution in [1.82, 2.24) is 44.4 Å². The maximum absolute atomic E-state index is 6.48. The molecule has 0 spiro atoms. The molecule has 0 fully saturated rings. The number of nitrogen functional groups attached to an aromatic ring is 1. The number of nitrogens with zero attached hydrogens (tertiary/aromatic N) is 8. The van der Waals surface area contributed by atoms with E-state index < -0.39 is 0 Å². The van der Waals surface area contributed by atoms with E-state index >= 15 is 0 Å². The Bertz CT molecular complexity index is 2270. The maximum atomic E-state index is 6.48. The summed E-state index contributed by atoms with van der Waals surface area (Å²) in [5.74, 6) is 3.61. The van der Waals surface area contributed by atoms with Crippen molar-refractivity contribution in [3.63, 3.8) is 0 Å². The van der Waals surface area contributed by atoms with E-state index in [9.17, 15) is 0 Å². The van der Waals surface area contributed by atoms with Gasteiger partial charge in [0.25, 0.3) is 0 Å². The summed E-state index contributed by atoms with van der Waals surface area (Å²) < 4.78 is 4.03. The molecule has 0 aliphatic heterocycles. The first-order chi connectivity index (χ1) is 25.0. The number of hydrogen-bond donors (Lipinski definition) is 3. The predicted octanol–water partition coefficient (Wildman–Crippen LogP) is 9.66. The van der Waals surface area contributed by atoms with Crippen LogP contribution < -0.4 is 16.4 Å². The van der Waals surface area contributed by atoms with Crippen LogP contribution in [0.1, 0.15) is 26.2 Å². The Morgan fingerprint density at radius 3 is 2.15 bits per heavy atom. The van der Waals surface area contributed by atoms with E-state index in [1.54, 1.807) is 24.3 Å². The van der Waals surface area contributed by atoms with Gasteiger partial charge in [0, 0.05) is 41.9 Å². The third kappa shape index (κ3) is 8.89. The van der Waals surface area contributed by atoms with Crippen LogP contribution in [0, 0.1) is 12.3 Å². The summed E-state index contributed by atoms with van der Waals surface area (Å²) >= 11 is 40.5. The van der Waals surface area contributed by atoms with Gasteiger partial charge in [-0.15, -0.1) is 12.3 Å². The van der Waals surface area contributed by atoms with Crippen molar-refractivity contribution in [3.8, 4) is 12.3 Å². The lowest BCUT2D eigenvalue weighted by Gasteiger charge is -2.16. The third-order valence-electron chi connectivity index (χ3n) is 7.69. The van der Waals surface area contributed by atoms with Crippen molar-refractivity contribution < 1.29 is 0 Å². The van der Waals surface area contributed by atoms with E-state index in [0.29, 0.717) is 112 Å². The Morgan fingerprint density at radius 1 is 0.788 bits per heavy atom. The summed E-state index contributed by atoms with van der Waals surface area (Å²) in [7, 11) is 0. The number of terminal acetylenes is 1. The number of aromatic nitrogens is 8. The second kappa shape index (κ2) is 17.5. The summed E-state index contributed by atoms with van der Waals surface area (Å²) in [6, 6.07) is 6.92. The molecule has 0 bridgehead atoms. The van der Waals surface area contributed by atoms with Crippen LogP contribution >= 0.6 is 93.1 Å². The van der Waals surface area contributed by atoms with Crippen LogP contribution in [0.15, 0.2) is 57.0 Å². The molecule has 4 aromatic heterocycles. The number of imidazole rings is 2. The molecule has 1 atom stereocenters. The lowest BCUT2D eigenvalue weighted by atomic mass is 10.3. The van der Waals surface area contributed by atoms with E-state index in [4.69, 9.17) is 91.7 Å². The highest BCUT2D eigenvalue weighted by Gasteiger charge is 2.20. The van der Waals surface area contributed by atoms with Gasteiger partial charge in [0.1, 0.15) is 12.7 Å². The topological polar surface area (TPSA) is 137 Å². The Hall–Kier alpha value is -2.90. The van der Waals surface area contributed by atoms with Gasteiger partial charge in [0.2, 0.25) is 0 Å². The van der Waals surface area contributed by atoms with Crippen molar-refractivity contribution >= 4 is 127 Å². The average Bonchev–Trinajstić information content (AvgIpc) is 3.65. The molecule has 4 heterocycles. The Labute approximate surface area is 338 Å². The molecule has 2 aromatic carbocycles. The largest absolute Gasteiger partial charge is 0.382 e. The summed E-state index contributed by atoms with van der Waals surface area (Å²) in [4.78, 5) is 28.8. The van der Waals surface area contributed by atoms with Crippen LogP contribution in [0.25, 0.3) is 22.3 Å². The highest BCUT2D eigenvalue weighted by Crippen LogP contribution is 2.40. The number of benzene rings is 2. The Kier molecular flexibility index (Phi) is 13.1. The molecule has 4 N–H and O–H groups in total. The van der Waals surface area contributed by atoms with Crippen LogP contribution in [0.2, 0.25) is 30.1 Å². The number of nitrogens with two attached hydrogens (primary N) is 1. The molecule has 6 aromatic rings. The van der Waals surface area contributed by atoms with Gasteiger partial charge in [-0.1, -0.05) is 81.4 Å². The van der Waals surface area contributed by atoms with Crippen molar-refractivity contribution in [2.75, 3.05) is 24.1 Å². The summed E-state index contributed by atoms with van der Waals surface area (Å²) in [6.45, 7) is 4.60. The second-order valence-electron chi connectivity index (χ2n) is 11.4. The van der Waals surface area contributed by atoms with E-state index in [-0.39, 0.29) is 6.04 Å². The molecule has 0 radical (unpaired) electrons. The first kappa shape index (κ1) is 38.8. The summed E-state index contributed by atoms with van der Waals surface area (Å²) in [5.41, 5.74) is 8.63. The molecule has 6 rings (SSSR count). The van der Waals surface area contributed by atoms with E-state index in [1.807, 2.05) is 9.13 Å². The van der Waals surface area contributed by atoms with Crippen molar-refractivity contribution in [2.45, 2.75) is 65.4 Å². The number of nitrogens with one attached hydrogen (secondary N) is 2.